The van der Waals surface area contributed by atoms with Crippen LogP contribution in [0.5, 0.6) is 11.5 Å². The van der Waals surface area contributed by atoms with Crippen molar-refractivity contribution in [3.8, 4) is 11.5 Å². The van der Waals surface area contributed by atoms with Crippen molar-refractivity contribution in [2.24, 2.45) is 4.99 Å². The number of non-ortho nitro benzene ring substituents is 1. The zero-order valence-corrected chi connectivity index (χ0v) is 20.0. The molecule has 0 N–H and O–H groups in total. The highest BCUT2D eigenvalue weighted by Gasteiger charge is 2.25. The first kappa shape index (κ1) is 23.5. The molecule has 8 nitrogen and oxygen atoms in total. The highest BCUT2D eigenvalue weighted by atomic mass is 79.9. The molecule has 0 radical (unpaired) electrons. The van der Waals surface area contributed by atoms with Crippen LogP contribution in [0.3, 0.4) is 0 Å². The number of nitro benzene ring substituents is 1. The summed E-state index contributed by atoms with van der Waals surface area (Å²) in [5, 5.41) is 11.1. The van der Waals surface area contributed by atoms with Crippen molar-refractivity contribution in [2.75, 3.05) is 7.11 Å². The molecule has 0 aromatic heterocycles. The van der Waals surface area contributed by atoms with Crippen LogP contribution in [0.25, 0.3) is 6.08 Å². The Balaban J connectivity index is 1.57. The van der Waals surface area contributed by atoms with E-state index in [0.29, 0.717) is 27.6 Å². The first-order valence-corrected chi connectivity index (χ1v) is 11.0. The van der Waals surface area contributed by atoms with Gasteiger partial charge in [-0.25, -0.2) is 9.79 Å². The molecule has 0 fully saturated rings. The van der Waals surface area contributed by atoms with Gasteiger partial charge in [-0.15, -0.1) is 0 Å². The maximum absolute atomic E-state index is 12.3. The van der Waals surface area contributed by atoms with Gasteiger partial charge in [0.2, 0.25) is 5.90 Å². The van der Waals surface area contributed by atoms with E-state index in [1.165, 1.54) is 37.5 Å². The second-order valence-electron chi connectivity index (χ2n) is 7.09. The number of carbonyl (C=O) groups excluding carboxylic acids is 1. The number of methoxy groups -OCH3 is 1. The predicted molar refractivity (Wildman–Crippen MR) is 130 cm³/mol. The number of benzene rings is 3. The third kappa shape index (κ3) is 5.27. The first-order chi connectivity index (χ1) is 16.3. The quantitative estimate of drug-likeness (QED) is 0.158. The van der Waals surface area contributed by atoms with Gasteiger partial charge in [0.25, 0.3) is 5.69 Å². The first-order valence-electron chi connectivity index (χ1n) is 9.86. The lowest BCUT2D eigenvalue weighted by atomic mass is 10.1. The minimum Gasteiger partial charge on any atom is -0.493 e. The molecule has 0 bridgehead atoms. The molecule has 0 saturated heterocycles. The summed E-state index contributed by atoms with van der Waals surface area (Å²) < 4.78 is 17.5. The van der Waals surface area contributed by atoms with Crippen molar-refractivity contribution in [2.45, 2.75) is 6.61 Å². The fourth-order valence-electron chi connectivity index (χ4n) is 3.16. The highest BCUT2D eigenvalue weighted by molar-refractivity contribution is 9.10. The number of halogens is 2. The summed E-state index contributed by atoms with van der Waals surface area (Å²) >= 11 is 9.87. The number of nitro groups is 1. The maximum atomic E-state index is 12.3. The van der Waals surface area contributed by atoms with Crippen molar-refractivity contribution < 1.29 is 23.9 Å². The van der Waals surface area contributed by atoms with Crippen LogP contribution in [-0.2, 0) is 16.1 Å². The van der Waals surface area contributed by atoms with Crippen LogP contribution in [0, 0.1) is 10.1 Å². The molecular weight excluding hydrogens is 528 g/mol. The summed E-state index contributed by atoms with van der Waals surface area (Å²) in [6.07, 6.45) is 1.51. The summed E-state index contributed by atoms with van der Waals surface area (Å²) in [7, 11) is 1.49. The van der Waals surface area contributed by atoms with Crippen molar-refractivity contribution >= 4 is 51.2 Å². The monoisotopic (exact) mass is 542 g/mol. The molecule has 0 unspecified atom stereocenters. The molecule has 3 aromatic carbocycles. The molecule has 34 heavy (non-hydrogen) atoms. The fourth-order valence-corrected chi connectivity index (χ4v) is 3.88. The number of cyclic esters (lactones) is 1. The van der Waals surface area contributed by atoms with E-state index in [1.54, 1.807) is 12.1 Å². The molecule has 0 atom stereocenters. The minimum absolute atomic E-state index is 0.0503. The summed E-state index contributed by atoms with van der Waals surface area (Å²) in [6, 6.07) is 16.5. The number of ether oxygens (including phenoxy) is 3. The van der Waals surface area contributed by atoms with Crippen LogP contribution in [0.1, 0.15) is 16.7 Å². The average Bonchev–Trinajstić information content (AvgIpc) is 3.18. The van der Waals surface area contributed by atoms with Gasteiger partial charge in [-0.2, -0.15) is 0 Å². The molecule has 0 aliphatic carbocycles. The van der Waals surface area contributed by atoms with Crippen molar-refractivity contribution in [1.29, 1.82) is 0 Å². The number of hydrogen-bond acceptors (Lipinski definition) is 7. The van der Waals surface area contributed by atoms with Gasteiger partial charge in [0, 0.05) is 22.2 Å². The molecule has 10 heteroatoms. The van der Waals surface area contributed by atoms with Gasteiger partial charge in [-0.1, -0.05) is 39.7 Å². The number of nitrogens with zero attached hydrogens (tertiary/aromatic N) is 2. The Bertz CT molecular complexity index is 1340. The SMILES string of the molecule is COc1cc(/C=C2\N=C(c3ccc([N+](=O)[O-])cc3)OC2=O)cc(Cl)c1OCc1cccc(Br)c1. The van der Waals surface area contributed by atoms with Crippen LogP contribution in [-0.4, -0.2) is 23.9 Å². The van der Waals surface area contributed by atoms with Gasteiger partial charge < -0.3 is 14.2 Å². The lowest BCUT2D eigenvalue weighted by Gasteiger charge is -2.13. The van der Waals surface area contributed by atoms with E-state index in [0.717, 1.165) is 10.0 Å². The summed E-state index contributed by atoms with van der Waals surface area (Å²) in [6.45, 7) is 0.283. The molecule has 1 aliphatic heterocycles. The summed E-state index contributed by atoms with van der Waals surface area (Å²) in [5.41, 5.74) is 1.91. The molecule has 3 aromatic rings. The number of aliphatic imine (C=N–C) groups is 1. The van der Waals surface area contributed by atoms with E-state index in [2.05, 4.69) is 20.9 Å². The molecule has 1 heterocycles. The Kier molecular flexibility index (Phi) is 6.95. The zero-order valence-electron chi connectivity index (χ0n) is 17.7. The number of carbonyl (C=O) groups is 1. The topological polar surface area (TPSA) is 100 Å². The van der Waals surface area contributed by atoms with E-state index in [-0.39, 0.29) is 23.9 Å². The van der Waals surface area contributed by atoms with Crippen molar-refractivity contribution in [3.05, 3.63) is 103 Å². The lowest BCUT2D eigenvalue weighted by Crippen LogP contribution is -2.05. The summed E-state index contributed by atoms with van der Waals surface area (Å²) in [5.74, 6) is 0.159. The van der Waals surface area contributed by atoms with Gasteiger partial charge >= 0.3 is 5.97 Å². The fraction of sp³-hybridized carbons (Fsp3) is 0.0833. The standard InChI is InChI=1S/C24H16BrClN2O6/c1-32-21-12-15(10-19(26)22(21)33-13-14-3-2-4-17(25)9-14)11-20-24(29)34-23(27-20)16-5-7-18(8-6-16)28(30)31/h2-12H,13H2,1H3/b20-11-. The minimum atomic E-state index is -0.654. The van der Waals surface area contributed by atoms with E-state index in [9.17, 15) is 14.9 Å². The molecule has 0 saturated carbocycles. The molecule has 1 aliphatic rings. The third-order valence-corrected chi connectivity index (χ3v) is 5.55. The van der Waals surface area contributed by atoms with Crippen molar-refractivity contribution in [3.63, 3.8) is 0 Å². The Morgan fingerprint density at radius 1 is 1.18 bits per heavy atom. The molecule has 4 rings (SSSR count). The normalized spacial score (nSPS) is 14.0. The van der Waals surface area contributed by atoms with Gasteiger partial charge in [0.15, 0.2) is 17.2 Å². The van der Waals surface area contributed by atoms with E-state index < -0.39 is 10.9 Å². The number of esters is 1. The average molecular weight is 544 g/mol. The molecule has 0 amide bonds. The Labute approximate surface area is 207 Å². The highest BCUT2D eigenvalue weighted by Crippen LogP contribution is 2.38. The van der Waals surface area contributed by atoms with Crippen LogP contribution < -0.4 is 9.47 Å². The number of hydrogen-bond donors (Lipinski definition) is 0. The predicted octanol–water partition coefficient (Wildman–Crippen LogP) is 5.94. The Hall–Kier alpha value is -3.69. The van der Waals surface area contributed by atoms with E-state index >= 15 is 0 Å². The van der Waals surface area contributed by atoms with Crippen molar-refractivity contribution in [1.82, 2.24) is 0 Å². The van der Waals surface area contributed by atoms with Gasteiger partial charge in [-0.3, -0.25) is 10.1 Å². The maximum Gasteiger partial charge on any atom is 0.363 e. The molecule has 0 spiro atoms. The van der Waals surface area contributed by atoms with Gasteiger partial charge in [0.05, 0.1) is 17.1 Å². The van der Waals surface area contributed by atoms with Crippen LogP contribution >= 0.6 is 27.5 Å². The number of rotatable bonds is 7. The smallest absolute Gasteiger partial charge is 0.363 e. The zero-order chi connectivity index (χ0) is 24.2. The Morgan fingerprint density at radius 2 is 1.94 bits per heavy atom. The van der Waals surface area contributed by atoms with E-state index in [1.807, 2.05) is 24.3 Å². The molecular formula is C24H16BrClN2O6. The second kappa shape index (κ2) is 10.1. The van der Waals surface area contributed by atoms with Crippen LogP contribution in [0.4, 0.5) is 5.69 Å². The Morgan fingerprint density at radius 3 is 2.62 bits per heavy atom. The van der Waals surface area contributed by atoms with Crippen LogP contribution in [0.2, 0.25) is 5.02 Å². The summed E-state index contributed by atoms with van der Waals surface area (Å²) in [4.78, 5) is 26.8. The van der Waals surface area contributed by atoms with Crippen LogP contribution in [0.15, 0.2) is 75.8 Å². The second-order valence-corrected chi connectivity index (χ2v) is 8.42. The third-order valence-electron chi connectivity index (χ3n) is 4.77. The largest absolute Gasteiger partial charge is 0.493 e. The lowest BCUT2D eigenvalue weighted by molar-refractivity contribution is -0.384. The van der Waals surface area contributed by atoms with E-state index in [4.69, 9.17) is 25.8 Å². The molecule has 172 valence electrons. The van der Waals surface area contributed by atoms with Gasteiger partial charge in [0.1, 0.15) is 6.61 Å². The van der Waals surface area contributed by atoms with Gasteiger partial charge in [-0.05, 0) is 53.6 Å².